The van der Waals surface area contributed by atoms with Crippen molar-refractivity contribution in [1.29, 1.82) is 0 Å². The minimum atomic E-state index is -0.336. The van der Waals surface area contributed by atoms with E-state index in [0.717, 1.165) is 17.0 Å². The molecule has 0 saturated heterocycles. The zero-order valence-corrected chi connectivity index (χ0v) is 16.9. The number of carbonyl (C=O) groups excluding carboxylic acids is 1. The highest BCUT2D eigenvalue weighted by Gasteiger charge is 2.27. The zero-order chi connectivity index (χ0) is 20.8. The van der Waals surface area contributed by atoms with Crippen molar-refractivity contribution in [3.05, 3.63) is 65.5 Å². The third kappa shape index (κ3) is 5.47. The number of benzene rings is 2. The Kier molecular flexibility index (Phi) is 6.69. The van der Waals surface area contributed by atoms with E-state index in [1.54, 1.807) is 30.2 Å². The van der Waals surface area contributed by atoms with Crippen LogP contribution in [-0.2, 0) is 11.4 Å². The normalized spacial score (nSPS) is 15.6. The average molecular weight is 399 g/mol. The van der Waals surface area contributed by atoms with Crippen molar-refractivity contribution in [2.24, 2.45) is 5.16 Å². The Morgan fingerprint density at radius 3 is 2.66 bits per heavy atom. The Morgan fingerprint density at radius 1 is 1.28 bits per heavy atom. The van der Waals surface area contributed by atoms with E-state index in [1.165, 1.54) is 6.07 Å². The second kappa shape index (κ2) is 9.41. The molecule has 1 aliphatic heterocycles. The lowest BCUT2D eigenvalue weighted by atomic mass is 10.0. The molecule has 1 heterocycles. The van der Waals surface area contributed by atoms with Crippen molar-refractivity contribution in [3.63, 3.8) is 0 Å². The fourth-order valence-electron chi connectivity index (χ4n) is 3.12. The molecule has 0 unspecified atom stereocenters. The van der Waals surface area contributed by atoms with E-state index in [1.807, 2.05) is 38.1 Å². The Hall–Kier alpha value is -3.09. The summed E-state index contributed by atoms with van der Waals surface area (Å²) in [4.78, 5) is 19.8. The predicted octanol–water partition coefficient (Wildman–Crippen LogP) is 3.95. The number of nitrogens with zero attached hydrogens (tertiary/aromatic N) is 2. The molecule has 0 saturated carbocycles. The molecule has 29 heavy (non-hydrogen) atoms. The van der Waals surface area contributed by atoms with Gasteiger partial charge in [0, 0.05) is 18.0 Å². The summed E-state index contributed by atoms with van der Waals surface area (Å²) in [5.41, 5.74) is 2.22. The minimum absolute atomic E-state index is 0.0266. The quantitative estimate of drug-likeness (QED) is 0.767. The standard InChI is InChI=1S/C22H26FN3O3/c1-15(2)24-22(27)26(13-17-6-4-5-7-20(17)23)14-19-12-21(25-29-19)16-8-10-18(28-3)11-9-16/h4-11,15,19H,12-14H2,1-3H3,(H,24,27)/t19-/m0/s1. The second-order valence-electron chi connectivity index (χ2n) is 7.27. The second-order valence-corrected chi connectivity index (χ2v) is 7.27. The van der Waals surface area contributed by atoms with Crippen LogP contribution in [0.15, 0.2) is 53.7 Å². The molecule has 2 amide bonds. The predicted molar refractivity (Wildman–Crippen MR) is 109 cm³/mol. The first-order chi connectivity index (χ1) is 14.0. The van der Waals surface area contributed by atoms with Crippen LogP contribution in [0.2, 0.25) is 0 Å². The zero-order valence-electron chi connectivity index (χ0n) is 16.9. The molecular formula is C22H26FN3O3. The van der Waals surface area contributed by atoms with Gasteiger partial charge in [-0.05, 0) is 49.7 Å². The number of carbonyl (C=O) groups is 1. The highest BCUT2D eigenvalue weighted by Crippen LogP contribution is 2.21. The first-order valence-electron chi connectivity index (χ1n) is 9.62. The van der Waals surface area contributed by atoms with Gasteiger partial charge < -0.3 is 19.8 Å². The molecule has 2 aromatic rings. The van der Waals surface area contributed by atoms with Crippen LogP contribution in [-0.4, -0.2) is 42.4 Å². The molecule has 1 atom stereocenters. The molecule has 0 spiro atoms. The maximum absolute atomic E-state index is 14.1. The fraction of sp³-hybridized carbons (Fsp3) is 0.364. The monoisotopic (exact) mass is 399 g/mol. The van der Waals surface area contributed by atoms with Crippen LogP contribution in [0.25, 0.3) is 0 Å². The van der Waals surface area contributed by atoms with Crippen LogP contribution < -0.4 is 10.1 Å². The first-order valence-corrected chi connectivity index (χ1v) is 9.62. The summed E-state index contributed by atoms with van der Waals surface area (Å²) in [5, 5.41) is 7.05. The molecule has 0 radical (unpaired) electrons. The molecule has 1 N–H and O–H groups in total. The number of hydrogen-bond donors (Lipinski definition) is 1. The number of urea groups is 1. The third-order valence-electron chi connectivity index (χ3n) is 4.60. The van der Waals surface area contributed by atoms with Crippen molar-refractivity contribution < 1.29 is 18.8 Å². The van der Waals surface area contributed by atoms with Gasteiger partial charge in [-0.1, -0.05) is 23.4 Å². The molecule has 6 nitrogen and oxygen atoms in total. The molecule has 0 fully saturated rings. The van der Waals surface area contributed by atoms with E-state index >= 15 is 0 Å². The van der Waals surface area contributed by atoms with Crippen molar-refractivity contribution in [1.82, 2.24) is 10.2 Å². The lowest BCUT2D eigenvalue weighted by Crippen LogP contribution is -2.45. The Labute approximate surface area is 170 Å². The molecule has 1 aliphatic rings. The van der Waals surface area contributed by atoms with E-state index in [0.29, 0.717) is 18.5 Å². The Morgan fingerprint density at radius 2 is 2.00 bits per heavy atom. The summed E-state index contributed by atoms with van der Waals surface area (Å²) in [6.45, 7) is 4.23. The van der Waals surface area contributed by atoms with Crippen LogP contribution in [0.1, 0.15) is 31.4 Å². The van der Waals surface area contributed by atoms with E-state index in [-0.39, 0.29) is 30.5 Å². The van der Waals surface area contributed by atoms with Gasteiger partial charge >= 0.3 is 6.03 Å². The van der Waals surface area contributed by atoms with Gasteiger partial charge in [-0.2, -0.15) is 0 Å². The number of oxime groups is 1. The number of nitrogens with one attached hydrogen (secondary N) is 1. The van der Waals surface area contributed by atoms with Crippen LogP contribution in [0.5, 0.6) is 5.75 Å². The van der Waals surface area contributed by atoms with Crippen LogP contribution in [0, 0.1) is 5.82 Å². The third-order valence-corrected chi connectivity index (χ3v) is 4.60. The van der Waals surface area contributed by atoms with Gasteiger partial charge in [0.05, 0.1) is 25.9 Å². The number of hydrogen-bond acceptors (Lipinski definition) is 4. The van der Waals surface area contributed by atoms with Crippen molar-refractivity contribution in [3.8, 4) is 5.75 Å². The SMILES string of the molecule is COc1ccc(C2=NO[C@H](CN(Cc3ccccc3F)C(=O)NC(C)C)C2)cc1. The van der Waals surface area contributed by atoms with Crippen LogP contribution >= 0.6 is 0 Å². The number of halogens is 1. The highest BCUT2D eigenvalue weighted by molar-refractivity contribution is 6.01. The summed E-state index contributed by atoms with van der Waals surface area (Å²) >= 11 is 0. The van der Waals surface area contributed by atoms with Crippen molar-refractivity contribution >= 4 is 11.7 Å². The van der Waals surface area contributed by atoms with Gasteiger partial charge in [0.25, 0.3) is 0 Å². The molecule has 0 aromatic heterocycles. The summed E-state index contributed by atoms with van der Waals surface area (Å²) in [7, 11) is 1.62. The van der Waals surface area contributed by atoms with Crippen LogP contribution in [0.3, 0.4) is 0 Å². The topological polar surface area (TPSA) is 63.2 Å². The maximum atomic E-state index is 14.1. The van der Waals surface area contributed by atoms with E-state index in [9.17, 15) is 9.18 Å². The summed E-state index contributed by atoms with van der Waals surface area (Å²) in [6.07, 6.45) is 0.270. The van der Waals surface area contributed by atoms with Gasteiger partial charge in [-0.3, -0.25) is 0 Å². The summed E-state index contributed by atoms with van der Waals surface area (Å²) in [5.74, 6) is 0.434. The van der Waals surface area contributed by atoms with Crippen LogP contribution in [0.4, 0.5) is 9.18 Å². The largest absolute Gasteiger partial charge is 0.497 e. The van der Waals surface area contributed by atoms with Gasteiger partial charge in [0.1, 0.15) is 11.6 Å². The Balaban J connectivity index is 1.67. The number of amides is 2. The van der Waals surface area contributed by atoms with E-state index in [2.05, 4.69) is 10.5 Å². The fourth-order valence-corrected chi connectivity index (χ4v) is 3.12. The van der Waals surface area contributed by atoms with Crippen molar-refractivity contribution in [2.75, 3.05) is 13.7 Å². The summed E-state index contributed by atoms with van der Waals surface area (Å²) in [6, 6.07) is 13.8. The molecular weight excluding hydrogens is 373 g/mol. The van der Waals surface area contributed by atoms with Crippen molar-refractivity contribution in [2.45, 2.75) is 39.0 Å². The highest BCUT2D eigenvalue weighted by atomic mass is 19.1. The molecule has 2 aromatic carbocycles. The Bertz CT molecular complexity index is 868. The molecule has 0 bridgehead atoms. The van der Waals surface area contributed by atoms with Gasteiger partial charge in [-0.25, -0.2) is 9.18 Å². The first kappa shape index (κ1) is 20.6. The lowest BCUT2D eigenvalue weighted by Gasteiger charge is -2.26. The van der Waals surface area contributed by atoms with Gasteiger partial charge in [0.15, 0.2) is 6.10 Å². The lowest BCUT2D eigenvalue weighted by molar-refractivity contribution is 0.0584. The number of ether oxygens (including phenoxy) is 1. The number of methoxy groups -OCH3 is 1. The number of rotatable bonds is 7. The van der Waals surface area contributed by atoms with Gasteiger partial charge in [-0.15, -0.1) is 0 Å². The van der Waals surface area contributed by atoms with Gasteiger partial charge in [0.2, 0.25) is 0 Å². The minimum Gasteiger partial charge on any atom is -0.497 e. The smallest absolute Gasteiger partial charge is 0.318 e. The van der Waals surface area contributed by atoms with E-state index in [4.69, 9.17) is 9.57 Å². The summed E-state index contributed by atoms with van der Waals surface area (Å²) < 4.78 is 19.3. The van der Waals surface area contributed by atoms with E-state index < -0.39 is 0 Å². The average Bonchev–Trinajstić information content (AvgIpc) is 3.17. The molecule has 0 aliphatic carbocycles. The molecule has 3 rings (SSSR count). The molecule has 154 valence electrons. The molecule has 7 heteroatoms. The maximum Gasteiger partial charge on any atom is 0.318 e.